The van der Waals surface area contributed by atoms with E-state index in [9.17, 15) is 9.59 Å². The number of hydrogen-bond donors (Lipinski definition) is 0. The van der Waals surface area contributed by atoms with Crippen LogP contribution in [0.15, 0.2) is 51.9 Å². The summed E-state index contributed by atoms with van der Waals surface area (Å²) < 4.78 is 16.5. The highest BCUT2D eigenvalue weighted by Gasteiger charge is 2.51. The van der Waals surface area contributed by atoms with E-state index in [0.29, 0.717) is 18.8 Å². The summed E-state index contributed by atoms with van der Waals surface area (Å²) >= 11 is 0. The summed E-state index contributed by atoms with van der Waals surface area (Å²) in [6, 6.07) is 11.0. The normalized spacial score (nSPS) is 29.0. The highest BCUT2D eigenvalue weighted by molar-refractivity contribution is 5.70. The molecule has 1 heterocycles. The van der Waals surface area contributed by atoms with Crippen molar-refractivity contribution in [1.29, 1.82) is 0 Å². The molecule has 1 aromatic carbocycles. The van der Waals surface area contributed by atoms with Gasteiger partial charge in [0.15, 0.2) is 0 Å². The first-order chi connectivity index (χ1) is 14.6. The lowest BCUT2D eigenvalue weighted by Crippen LogP contribution is -2.47. The topological polar surface area (TPSA) is 65.7 Å². The predicted octanol–water partition coefficient (Wildman–Crippen LogP) is 4.87. The Kier molecular flexibility index (Phi) is 5.13. The summed E-state index contributed by atoms with van der Waals surface area (Å²) in [5.41, 5.74) is 0.853. The first-order valence-electron chi connectivity index (χ1n) is 11.0. The lowest BCUT2D eigenvalue weighted by Gasteiger charge is -2.56. The molecule has 0 radical (unpaired) electrons. The Labute approximate surface area is 176 Å². The van der Waals surface area contributed by atoms with E-state index in [-0.39, 0.29) is 29.2 Å². The van der Waals surface area contributed by atoms with Gasteiger partial charge >= 0.3 is 5.97 Å². The van der Waals surface area contributed by atoms with Crippen LogP contribution in [0.2, 0.25) is 0 Å². The SMILES string of the molecule is O=C(CC12CC3CC(CC(C3)C1)C2)OCc1cc(=O)c(OCc2ccccc2)co1. The van der Waals surface area contributed by atoms with Gasteiger partial charge in [0.05, 0.1) is 6.42 Å². The number of benzene rings is 1. The van der Waals surface area contributed by atoms with Crippen LogP contribution < -0.4 is 10.2 Å². The molecule has 0 unspecified atom stereocenters. The van der Waals surface area contributed by atoms with Crippen molar-refractivity contribution < 1.29 is 18.7 Å². The molecule has 0 amide bonds. The number of carbonyl (C=O) groups excluding carboxylic acids is 1. The third-order valence-corrected chi connectivity index (χ3v) is 7.15. The first kappa shape index (κ1) is 19.4. The lowest BCUT2D eigenvalue weighted by atomic mass is 9.49. The quantitative estimate of drug-likeness (QED) is 0.612. The van der Waals surface area contributed by atoms with Crippen molar-refractivity contribution in [2.45, 2.75) is 58.2 Å². The van der Waals surface area contributed by atoms with Crippen molar-refractivity contribution in [2.75, 3.05) is 0 Å². The number of carbonyl (C=O) groups is 1. The summed E-state index contributed by atoms with van der Waals surface area (Å²) in [4.78, 5) is 24.8. The van der Waals surface area contributed by atoms with Crippen LogP contribution in [0.1, 0.15) is 56.3 Å². The molecule has 0 spiro atoms. The van der Waals surface area contributed by atoms with Gasteiger partial charge in [-0.2, -0.15) is 0 Å². The second kappa shape index (κ2) is 7.93. The van der Waals surface area contributed by atoms with Crippen LogP contribution in [0.3, 0.4) is 0 Å². The van der Waals surface area contributed by atoms with E-state index in [1.807, 2.05) is 30.3 Å². The van der Waals surface area contributed by atoms with Crippen LogP contribution in [-0.4, -0.2) is 5.97 Å². The van der Waals surface area contributed by atoms with Gasteiger partial charge in [0.2, 0.25) is 11.2 Å². The molecule has 5 heteroatoms. The van der Waals surface area contributed by atoms with Gasteiger partial charge in [-0.05, 0) is 67.3 Å². The monoisotopic (exact) mass is 408 g/mol. The fraction of sp³-hybridized carbons (Fsp3) is 0.520. The average molecular weight is 408 g/mol. The predicted molar refractivity (Wildman–Crippen MR) is 111 cm³/mol. The molecule has 0 aliphatic heterocycles. The zero-order valence-electron chi connectivity index (χ0n) is 17.2. The minimum Gasteiger partial charge on any atom is -0.482 e. The minimum absolute atomic E-state index is 0.0145. The van der Waals surface area contributed by atoms with Crippen molar-refractivity contribution in [1.82, 2.24) is 0 Å². The van der Waals surface area contributed by atoms with Crippen LogP contribution >= 0.6 is 0 Å². The van der Waals surface area contributed by atoms with Crippen LogP contribution in [0.4, 0.5) is 0 Å². The number of esters is 1. The molecule has 158 valence electrons. The number of ether oxygens (including phenoxy) is 2. The van der Waals surface area contributed by atoms with Gasteiger partial charge in [-0.15, -0.1) is 0 Å². The molecule has 1 aromatic heterocycles. The Hall–Kier alpha value is -2.56. The summed E-state index contributed by atoms with van der Waals surface area (Å²) in [7, 11) is 0. The molecule has 0 N–H and O–H groups in total. The van der Waals surface area contributed by atoms with Crippen molar-refractivity contribution in [3.05, 3.63) is 64.2 Å². The maximum atomic E-state index is 12.5. The first-order valence-corrected chi connectivity index (χ1v) is 11.0. The number of hydrogen-bond acceptors (Lipinski definition) is 5. The zero-order valence-corrected chi connectivity index (χ0v) is 17.2. The van der Waals surface area contributed by atoms with Gasteiger partial charge in [0.25, 0.3) is 0 Å². The fourth-order valence-electron chi connectivity index (χ4n) is 6.37. The van der Waals surface area contributed by atoms with Crippen molar-refractivity contribution >= 4 is 5.97 Å². The van der Waals surface area contributed by atoms with Gasteiger partial charge in [-0.3, -0.25) is 9.59 Å². The molecule has 0 atom stereocenters. The van der Waals surface area contributed by atoms with Crippen molar-refractivity contribution in [2.24, 2.45) is 23.2 Å². The third kappa shape index (κ3) is 4.16. The van der Waals surface area contributed by atoms with Gasteiger partial charge in [-0.1, -0.05) is 30.3 Å². The summed E-state index contributed by atoms with van der Waals surface area (Å²) in [6.07, 6.45) is 9.41. The molecule has 4 aliphatic carbocycles. The van der Waals surface area contributed by atoms with Gasteiger partial charge in [-0.25, -0.2) is 0 Å². The molecule has 4 aliphatic rings. The summed E-state index contributed by atoms with van der Waals surface area (Å²) in [6.45, 7) is 0.282. The van der Waals surface area contributed by atoms with Crippen molar-refractivity contribution in [3.63, 3.8) is 0 Å². The Morgan fingerprint density at radius 1 is 1.00 bits per heavy atom. The van der Waals surface area contributed by atoms with E-state index < -0.39 is 0 Å². The lowest BCUT2D eigenvalue weighted by molar-refractivity contribution is -0.153. The molecule has 4 bridgehead atoms. The second-order valence-electron chi connectivity index (χ2n) is 9.60. The minimum atomic E-state index is -0.274. The largest absolute Gasteiger partial charge is 0.482 e. The molecule has 6 rings (SSSR count). The van der Waals surface area contributed by atoms with Crippen molar-refractivity contribution in [3.8, 4) is 5.75 Å². The van der Waals surface area contributed by atoms with E-state index >= 15 is 0 Å². The molecule has 2 aromatic rings. The van der Waals surface area contributed by atoms with Gasteiger partial charge in [0, 0.05) is 6.07 Å². The van der Waals surface area contributed by atoms with Crippen LogP contribution in [0.5, 0.6) is 5.75 Å². The molecule has 0 saturated heterocycles. The van der Waals surface area contributed by atoms with Gasteiger partial charge in [0.1, 0.15) is 25.2 Å². The molecule has 4 saturated carbocycles. The Morgan fingerprint density at radius 2 is 1.67 bits per heavy atom. The van der Waals surface area contributed by atoms with Crippen LogP contribution in [0, 0.1) is 23.2 Å². The molecule has 4 fully saturated rings. The van der Waals surface area contributed by atoms with Crippen LogP contribution in [0.25, 0.3) is 0 Å². The Morgan fingerprint density at radius 3 is 2.30 bits per heavy atom. The molecule has 5 nitrogen and oxygen atoms in total. The van der Waals surface area contributed by atoms with E-state index in [2.05, 4.69) is 0 Å². The van der Waals surface area contributed by atoms with E-state index in [1.54, 1.807) is 0 Å². The van der Waals surface area contributed by atoms with Gasteiger partial charge < -0.3 is 13.9 Å². The summed E-state index contributed by atoms with van der Waals surface area (Å²) in [5.74, 6) is 2.75. The zero-order chi connectivity index (χ0) is 20.6. The van der Waals surface area contributed by atoms with Crippen LogP contribution in [-0.2, 0) is 22.7 Å². The highest BCUT2D eigenvalue weighted by Crippen LogP contribution is 2.61. The standard InChI is InChI=1S/C25H28O5/c26-22-9-21(28-16-23(22)29-14-17-4-2-1-3-5-17)15-30-24(27)13-25-10-18-6-19(11-25)8-20(7-18)12-25/h1-5,9,16,18-20H,6-8,10-15H2. The highest BCUT2D eigenvalue weighted by atomic mass is 16.5. The molecule has 30 heavy (non-hydrogen) atoms. The average Bonchev–Trinajstić information content (AvgIpc) is 2.71. The summed E-state index contributed by atoms with van der Waals surface area (Å²) in [5, 5.41) is 0. The Bertz CT molecular complexity index is 926. The third-order valence-electron chi connectivity index (χ3n) is 7.15. The maximum absolute atomic E-state index is 12.5. The second-order valence-corrected chi connectivity index (χ2v) is 9.60. The van der Waals surface area contributed by atoms with E-state index in [0.717, 1.165) is 23.3 Å². The maximum Gasteiger partial charge on any atom is 0.306 e. The van der Waals surface area contributed by atoms with E-state index in [4.69, 9.17) is 13.9 Å². The Balaban J connectivity index is 1.14. The number of rotatable bonds is 7. The fourth-order valence-corrected chi connectivity index (χ4v) is 6.37. The molecular weight excluding hydrogens is 380 g/mol. The molecular formula is C25H28O5. The van der Waals surface area contributed by atoms with E-state index in [1.165, 1.54) is 50.9 Å². The smallest absolute Gasteiger partial charge is 0.306 e.